The molecule has 2 aromatic rings. The smallest absolute Gasteiger partial charge is 0.196 e. The van der Waals surface area contributed by atoms with Crippen molar-refractivity contribution in [3.8, 4) is 0 Å². The zero-order valence-corrected chi connectivity index (χ0v) is 9.75. The van der Waals surface area contributed by atoms with E-state index in [0.29, 0.717) is 10.9 Å². The van der Waals surface area contributed by atoms with Crippen molar-refractivity contribution in [2.24, 2.45) is 0 Å². The first-order chi connectivity index (χ1) is 7.81. The molecular weight excluding hydrogens is 222 g/mol. The van der Waals surface area contributed by atoms with Gasteiger partial charge in [-0.2, -0.15) is 0 Å². The molecule has 0 spiro atoms. The van der Waals surface area contributed by atoms with Crippen LogP contribution < -0.4 is 5.32 Å². The van der Waals surface area contributed by atoms with Gasteiger partial charge in [0.1, 0.15) is 0 Å². The number of hydrogen-bond acceptors (Lipinski definition) is 3. The number of H-pyrrole nitrogens is 1. The van der Waals surface area contributed by atoms with E-state index in [0.717, 1.165) is 11.3 Å². The standard InChI is InChI=1S/C11H13N3OS/c1-12-10-5-3-2-4-9(10)8-16(15)11-13-6-7-14-11/h2-7,12H,8H2,1H3,(H,13,14). The lowest BCUT2D eigenvalue weighted by atomic mass is 10.2. The van der Waals surface area contributed by atoms with Crippen LogP contribution in [0.15, 0.2) is 41.8 Å². The van der Waals surface area contributed by atoms with Crippen molar-refractivity contribution in [3.05, 3.63) is 42.2 Å². The predicted octanol–water partition coefficient (Wildman–Crippen LogP) is 1.76. The molecular formula is C11H13N3OS. The Morgan fingerprint density at radius 2 is 2.25 bits per heavy atom. The van der Waals surface area contributed by atoms with E-state index in [1.165, 1.54) is 0 Å². The summed E-state index contributed by atoms with van der Waals surface area (Å²) in [6.07, 6.45) is 3.29. The van der Waals surface area contributed by atoms with Gasteiger partial charge in [0.05, 0.1) is 16.6 Å². The monoisotopic (exact) mass is 235 g/mol. The first kappa shape index (κ1) is 10.9. The summed E-state index contributed by atoms with van der Waals surface area (Å²) in [6.45, 7) is 0. The van der Waals surface area contributed by atoms with Crippen LogP contribution in [0.4, 0.5) is 5.69 Å². The summed E-state index contributed by atoms with van der Waals surface area (Å²) in [7, 11) is 0.734. The van der Waals surface area contributed by atoms with Gasteiger partial charge in [-0.1, -0.05) is 18.2 Å². The lowest BCUT2D eigenvalue weighted by Gasteiger charge is -2.07. The van der Waals surface area contributed by atoms with Crippen LogP contribution in [0.1, 0.15) is 5.56 Å². The van der Waals surface area contributed by atoms with Gasteiger partial charge in [0.2, 0.25) is 0 Å². The Morgan fingerprint density at radius 1 is 1.44 bits per heavy atom. The summed E-state index contributed by atoms with van der Waals surface area (Å²) in [6, 6.07) is 7.82. The summed E-state index contributed by atoms with van der Waals surface area (Å²) < 4.78 is 11.9. The van der Waals surface area contributed by atoms with Gasteiger partial charge in [-0.25, -0.2) is 4.98 Å². The van der Waals surface area contributed by atoms with Gasteiger partial charge in [-0.3, -0.25) is 4.21 Å². The number of imidazole rings is 1. The van der Waals surface area contributed by atoms with Crippen molar-refractivity contribution in [1.29, 1.82) is 0 Å². The molecule has 5 heteroatoms. The molecule has 16 heavy (non-hydrogen) atoms. The van der Waals surface area contributed by atoms with Crippen molar-refractivity contribution in [2.45, 2.75) is 10.9 Å². The third-order valence-electron chi connectivity index (χ3n) is 2.26. The molecule has 0 saturated carbocycles. The van der Waals surface area contributed by atoms with Gasteiger partial charge in [0, 0.05) is 25.1 Å². The van der Waals surface area contributed by atoms with Crippen LogP contribution in [0.5, 0.6) is 0 Å². The molecule has 2 rings (SSSR count). The molecule has 0 bridgehead atoms. The van der Waals surface area contributed by atoms with Gasteiger partial charge in [-0.05, 0) is 11.6 Å². The van der Waals surface area contributed by atoms with E-state index in [2.05, 4.69) is 15.3 Å². The Hall–Kier alpha value is -1.62. The van der Waals surface area contributed by atoms with Gasteiger partial charge < -0.3 is 10.3 Å². The molecule has 4 nitrogen and oxygen atoms in total. The first-order valence-corrected chi connectivity index (χ1v) is 6.26. The van der Waals surface area contributed by atoms with E-state index in [9.17, 15) is 4.21 Å². The second-order valence-electron chi connectivity index (χ2n) is 3.29. The van der Waals surface area contributed by atoms with Crippen molar-refractivity contribution < 1.29 is 4.21 Å². The maximum atomic E-state index is 11.9. The lowest BCUT2D eigenvalue weighted by Crippen LogP contribution is -2.01. The van der Waals surface area contributed by atoms with Crippen molar-refractivity contribution >= 4 is 16.5 Å². The van der Waals surface area contributed by atoms with Crippen LogP contribution in [0.2, 0.25) is 0 Å². The van der Waals surface area contributed by atoms with Crippen molar-refractivity contribution in [3.63, 3.8) is 0 Å². The van der Waals surface area contributed by atoms with Crippen LogP contribution in [0, 0.1) is 0 Å². The summed E-state index contributed by atoms with van der Waals surface area (Å²) in [5.41, 5.74) is 2.03. The topological polar surface area (TPSA) is 57.8 Å². The number of hydrogen-bond donors (Lipinski definition) is 2. The molecule has 1 aromatic carbocycles. The van der Waals surface area contributed by atoms with E-state index < -0.39 is 10.8 Å². The van der Waals surface area contributed by atoms with Gasteiger partial charge in [0.25, 0.3) is 0 Å². The molecule has 0 aliphatic rings. The average Bonchev–Trinajstić information content (AvgIpc) is 2.83. The molecule has 84 valence electrons. The average molecular weight is 235 g/mol. The van der Waals surface area contributed by atoms with Crippen LogP contribution in [0.3, 0.4) is 0 Å². The third kappa shape index (κ3) is 2.30. The molecule has 0 radical (unpaired) electrons. The number of benzene rings is 1. The van der Waals surface area contributed by atoms with E-state index in [1.807, 2.05) is 31.3 Å². The molecule has 1 unspecified atom stereocenters. The van der Waals surface area contributed by atoms with Crippen LogP contribution in [-0.4, -0.2) is 21.2 Å². The number of anilines is 1. The van der Waals surface area contributed by atoms with E-state index in [-0.39, 0.29) is 0 Å². The fourth-order valence-electron chi connectivity index (χ4n) is 1.47. The highest BCUT2D eigenvalue weighted by atomic mass is 32.2. The summed E-state index contributed by atoms with van der Waals surface area (Å²) in [4.78, 5) is 6.85. The fraction of sp³-hybridized carbons (Fsp3) is 0.182. The van der Waals surface area contributed by atoms with Gasteiger partial charge in [-0.15, -0.1) is 0 Å². The lowest BCUT2D eigenvalue weighted by molar-refractivity contribution is 0.677. The van der Waals surface area contributed by atoms with Crippen LogP contribution in [0.25, 0.3) is 0 Å². The number of nitrogens with zero attached hydrogens (tertiary/aromatic N) is 1. The van der Waals surface area contributed by atoms with Crippen molar-refractivity contribution in [2.75, 3.05) is 12.4 Å². The Bertz CT molecular complexity index is 482. The summed E-state index contributed by atoms with van der Waals surface area (Å²) >= 11 is 0. The largest absolute Gasteiger partial charge is 0.388 e. The van der Waals surface area contributed by atoms with E-state index >= 15 is 0 Å². The molecule has 2 N–H and O–H groups in total. The minimum Gasteiger partial charge on any atom is -0.388 e. The third-order valence-corrected chi connectivity index (χ3v) is 3.49. The molecule has 0 aliphatic heterocycles. The number of aromatic nitrogens is 2. The summed E-state index contributed by atoms with van der Waals surface area (Å²) in [5, 5.41) is 3.60. The minimum absolute atomic E-state index is 0.463. The number of nitrogens with one attached hydrogen (secondary N) is 2. The molecule has 1 aromatic heterocycles. The highest BCUT2D eigenvalue weighted by Crippen LogP contribution is 2.17. The van der Waals surface area contributed by atoms with Crippen molar-refractivity contribution in [1.82, 2.24) is 9.97 Å². The van der Waals surface area contributed by atoms with E-state index in [4.69, 9.17) is 0 Å². The van der Waals surface area contributed by atoms with E-state index in [1.54, 1.807) is 12.4 Å². The van der Waals surface area contributed by atoms with Gasteiger partial charge >= 0.3 is 0 Å². The molecule has 1 atom stereocenters. The zero-order chi connectivity index (χ0) is 11.4. The van der Waals surface area contributed by atoms with Crippen LogP contribution in [-0.2, 0) is 16.6 Å². The number of para-hydroxylation sites is 1. The van der Waals surface area contributed by atoms with Gasteiger partial charge in [0.15, 0.2) is 5.16 Å². The Kier molecular flexibility index (Phi) is 3.36. The number of aromatic amines is 1. The normalized spacial score (nSPS) is 12.3. The predicted molar refractivity (Wildman–Crippen MR) is 64.7 cm³/mol. The maximum Gasteiger partial charge on any atom is 0.196 e. The second-order valence-corrected chi connectivity index (χ2v) is 4.66. The minimum atomic E-state index is -1.12. The Morgan fingerprint density at radius 3 is 2.94 bits per heavy atom. The quantitative estimate of drug-likeness (QED) is 0.849. The fourth-order valence-corrected chi connectivity index (χ4v) is 2.52. The highest BCUT2D eigenvalue weighted by molar-refractivity contribution is 7.84. The SMILES string of the molecule is CNc1ccccc1CS(=O)c1ncc[nH]1. The molecule has 0 amide bonds. The Labute approximate surface area is 96.6 Å². The number of rotatable bonds is 4. The summed E-state index contributed by atoms with van der Waals surface area (Å²) in [5.74, 6) is 0.463. The maximum absolute atomic E-state index is 11.9. The Balaban J connectivity index is 2.18. The zero-order valence-electron chi connectivity index (χ0n) is 8.93. The molecule has 0 aliphatic carbocycles. The van der Waals surface area contributed by atoms with Crippen LogP contribution >= 0.6 is 0 Å². The second kappa shape index (κ2) is 4.94. The first-order valence-electron chi connectivity index (χ1n) is 4.94. The molecule has 1 heterocycles. The highest BCUT2D eigenvalue weighted by Gasteiger charge is 2.09. The molecule has 0 fully saturated rings. The molecule has 0 saturated heterocycles.